The summed E-state index contributed by atoms with van der Waals surface area (Å²) in [7, 11) is 0. The zero-order chi connectivity index (χ0) is 18.0. The topological polar surface area (TPSA) is 90.5 Å². The Hall–Kier alpha value is -2.74. The smallest absolute Gasteiger partial charge is 0.312 e. The van der Waals surface area contributed by atoms with Crippen LogP contribution in [-0.2, 0) is 11.3 Å². The van der Waals surface area contributed by atoms with Gasteiger partial charge in [0.05, 0.1) is 24.7 Å². The van der Waals surface area contributed by atoms with Crippen molar-refractivity contribution in [2.75, 3.05) is 26.3 Å². The first-order valence-corrected chi connectivity index (χ1v) is 8.12. The van der Waals surface area contributed by atoms with Crippen molar-refractivity contribution in [2.24, 2.45) is 0 Å². The van der Waals surface area contributed by atoms with E-state index < -0.39 is 4.92 Å². The summed E-state index contributed by atoms with van der Waals surface area (Å²) in [4.78, 5) is 25.3. The molecule has 1 aromatic carbocycles. The monoisotopic (exact) mass is 344 g/mol. The van der Waals surface area contributed by atoms with Gasteiger partial charge in [-0.25, -0.2) is 0 Å². The van der Waals surface area contributed by atoms with Crippen LogP contribution in [0.4, 0.5) is 5.69 Å². The Kier molecular flexibility index (Phi) is 4.80. The van der Waals surface area contributed by atoms with Crippen LogP contribution in [0, 0.1) is 24.0 Å². The predicted molar refractivity (Wildman–Crippen MR) is 90.6 cm³/mol. The van der Waals surface area contributed by atoms with Gasteiger partial charge in [-0.2, -0.15) is 5.10 Å². The zero-order valence-corrected chi connectivity index (χ0v) is 14.3. The lowest BCUT2D eigenvalue weighted by molar-refractivity contribution is -0.386. The minimum absolute atomic E-state index is 0.0250. The van der Waals surface area contributed by atoms with E-state index >= 15 is 0 Å². The van der Waals surface area contributed by atoms with Crippen LogP contribution in [-0.4, -0.2) is 51.8 Å². The molecule has 1 aromatic heterocycles. The summed E-state index contributed by atoms with van der Waals surface area (Å²) in [6.07, 6.45) is 0. The highest BCUT2D eigenvalue weighted by molar-refractivity contribution is 5.95. The molecule has 1 saturated heterocycles. The molecule has 1 aliphatic heterocycles. The third kappa shape index (κ3) is 3.39. The number of nitro groups is 1. The average Bonchev–Trinajstić information content (AvgIpc) is 2.89. The van der Waals surface area contributed by atoms with E-state index in [4.69, 9.17) is 4.74 Å². The summed E-state index contributed by atoms with van der Waals surface area (Å²) in [5.41, 5.74) is 2.27. The maximum absolute atomic E-state index is 12.8. The second kappa shape index (κ2) is 7.02. The number of benzene rings is 1. The standard InChI is InChI=1S/C17H20N4O4/c1-12-16(21(23)24)13(2)20(18-12)11-14-5-3-4-6-15(14)17(22)19-7-9-25-10-8-19/h3-6H,7-11H2,1-2H3. The molecule has 25 heavy (non-hydrogen) atoms. The fourth-order valence-corrected chi connectivity index (χ4v) is 3.07. The average molecular weight is 344 g/mol. The minimum atomic E-state index is -0.418. The number of hydrogen-bond acceptors (Lipinski definition) is 5. The summed E-state index contributed by atoms with van der Waals surface area (Å²) in [6, 6.07) is 7.32. The van der Waals surface area contributed by atoms with E-state index in [0.29, 0.717) is 49.8 Å². The molecule has 1 fully saturated rings. The molecule has 3 rings (SSSR count). The molecule has 0 aliphatic carbocycles. The molecule has 0 spiro atoms. The Morgan fingerprint density at radius 1 is 1.28 bits per heavy atom. The molecule has 0 unspecified atom stereocenters. The maximum Gasteiger partial charge on any atom is 0.312 e. The van der Waals surface area contributed by atoms with Crippen molar-refractivity contribution in [2.45, 2.75) is 20.4 Å². The molecule has 2 heterocycles. The molecule has 1 amide bonds. The van der Waals surface area contributed by atoms with Crippen LogP contribution in [0.2, 0.25) is 0 Å². The molecule has 8 heteroatoms. The fraction of sp³-hybridized carbons (Fsp3) is 0.412. The van der Waals surface area contributed by atoms with Crippen LogP contribution in [0.5, 0.6) is 0 Å². The highest BCUT2D eigenvalue weighted by Crippen LogP contribution is 2.23. The SMILES string of the molecule is Cc1nn(Cc2ccccc2C(=O)N2CCOCC2)c(C)c1[N+](=O)[O-]. The van der Waals surface area contributed by atoms with Gasteiger partial charge in [0.15, 0.2) is 0 Å². The molecule has 132 valence electrons. The molecule has 1 aliphatic rings. The largest absolute Gasteiger partial charge is 0.378 e. The highest BCUT2D eigenvalue weighted by atomic mass is 16.6. The molecule has 0 atom stereocenters. The van der Waals surface area contributed by atoms with Gasteiger partial charge >= 0.3 is 5.69 Å². The van der Waals surface area contributed by atoms with Gasteiger partial charge in [-0.15, -0.1) is 0 Å². The van der Waals surface area contributed by atoms with Crippen molar-refractivity contribution in [1.82, 2.24) is 14.7 Å². The third-order valence-electron chi connectivity index (χ3n) is 4.39. The van der Waals surface area contributed by atoms with E-state index in [1.165, 1.54) is 0 Å². The molecular weight excluding hydrogens is 324 g/mol. The van der Waals surface area contributed by atoms with Crippen LogP contribution in [0.15, 0.2) is 24.3 Å². The van der Waals surface area contributed by atoms with Crippen molar-refractivity contribution >= 4 is 11.6 Å². The number of nitrogens with zero attached hydrogens (tertiary/aromatic N) is 4. The van der Waals surface area contributed by atoms with Crippen molar-refractivity contribution in [3.63, 3.8) is 0 Å². The number of aryl methyl sites for hydroxylation is 1. The number of hydrogen-bond donors (Lipinski definition) is 0. The minimum Gasteiger partial charge on any atom is -0.378 e. The predicted octanol–water partition coefficient (Wildman–Crippen LogP) is 1.93. The second-order valence-corrected chi connectivity index (χ2v) is 6.00. The summed E-state index contributed by atoms with van der Waals surface area (Å²) in [6.45, 7) is 5.82. The number of morpholine rings is 1. The van der Waals surface area contributed by atoms with Crippen LogP contribution in [0.25, 0.3) is 0 Å². The van der Waals surface area contributed by atoms with Crippen molar-refractivity contribution in [3.05, 3.63) is 56.9 Å². The van der Waals surface area contributed by atoms with Gasteiger partial charge in [-0.3, -0.25) is 19.6 Å². The van der Waals surface area contributed by atoms with Gasteiger partial charge in [-0.05, 0) is 25.5 Å². The molecular formula is C17H20N4O4. The quantitative estimate of drug-likeness (QED) is 0.624. The Balaban J connectivity index is 1.90. The Morgan fingerprint density at radius 3 is 2.60 bits per heavy atom. The third-order valence-corrected chi connectivity index (χ3v) is 4.39. The summed E-state index contributed by atoms with van der Waals surface area (Å²) < 4.78 is 6.88. The first kappa shape index (κ1) is 17.1. The van der Waals surface area contributed by atoms with E-state index in [2.05, 4.69) is 5.10 Å². The lowest BCUT2D eigenvalue weighted by atomic mass is 10.1. The van der Waals surface area contributed by atoms with Gasteiger partial charge in [0.2, 0.25) is 0 Å². The van der Waals surface area contributed by atoms with Gasteiger partial charge < -0.3 is 9.64 Å². The first-order valence-electron chi connectivity index (χ1n) is 8.12. The van der Waals surface area contributed by atoms with Crippen molar-refractivity contribution in [3.8, 4) is 0 Å². The Morgan fingerprint density at radius 2 is 1.96 bits per heavy atom. The fourth-order valence-electron chi connectivity index (χ4n) is 3.07. The molecule has 0 saturated carbocycles. The number of aromatic nitrogens is 2. The van der Waals surface area contributed by atoms with Crippen molar-refractivity contribution < 1.29 is 14.5 Å². The lowest BCUT2D eigenvalue weighted by Crippen LogP contribution is -2.41. The Bertz CT molecular complexity index is 809. The zero-order valence-electron chi connectivity index (χ0n) is 14.3. The van der Waals surface area contributed by atoms with Gasteiger partial charge in [-0.1, -0.05) is 18.2 Å². The number of ether oxygens (including phenoxy) is 1. The number of carbonyl (C=O) groups excluding carboxylic acids is 1. The molecule has 0 bridgehead atoms. The van der Waals surface area contributed by atoms with E-state index in [1.807, 2.05) is 18.2 Å². The molecule has 8 nitrogen and oxygen atoms in total. The van der Waals surface area contributed by atoms with Crippen molar-refractivity contribution in [1.29, 1.82) is 0 Å². The summed E-state index contributed by atoms with van der Waals surface area (Å²) >= 11 is 0. The number of amides is 1. The van der Waals surface area contributed by atoms with Crippen LogP contribution >= 0.6 is 0 Å². The summed E-state index contributed by atoms with van der Waals surface area (Å²) in [5, 5.41) is 15.4. The number of carbonyl (C=O) groups is 1. The van der Waals surface area contributed by atoms with Crippen LogP contribution < -0.4 is 0 Å². The van der Waals surface area contributed by atoms with E-state index in [0.717, 1.165) is 5.56 Å². The van der Waals surface area contributed by atoms with E-state index in [9.17, 15) is 14.9 Å². The van der Waals surface area contributed by atoms with E-state index in [-0.39, 0.29) is 11.6 Å². The normalized spacial score (nSPS) is 14.6. The van der Waals surface area contributed by atoms with Crippen LogP contribution in [0.1, 0.15) is 27.3 Å². The number of rotatable bonds is 4. The summed E-state index contributed by atoms with van der Waals surface area (Å²) in [5.74, 6) is -0.0464. The molecule has 0 radical (unpaired) electrons. The van der Waals surface area contributed by atoms with Gasteiger partial charge in [0.25, 0.3) is 5.91 Å². The van der Waals surface area contributed by atoms with Gasteiger partial charge in [0.1, 0.15) is 11.4 Å². The Labute approximate surface area is 145 Å². The molecule has 0 N–H and O–H groups in total. The second-order valence-electron chi connectivity index (χ2n) is 6.00. The van der Waals surface area contributed by atoms with E-state index in [1.54, 1.807) is 29.5 Å². The van der Waals surface area contributed by atoms with Gasteiger partial charge in [0, 0.05) is 18.7 Å². The van der Waals surface area contributed by atoms with Crippen LogP contribution in [0.3, 0.4) is 0 Å². The molecule has 2 aromatic rings. The highest BCUT2D eigenvalue weighted by Gasteiger charge is 2.24. The lowest BCUT2D eigenvalue weighted by Gasteiger charge is -2.27. The maximum atomic E-state index is 12.8. The first-order chi connectivity index (χ1) is 12.0.